The molecule has 0 fully saturated rings. The second-order valence-corrected chi connectivity index (χ2v) is 4.48. The largest absolute Gasteiger partial charge is 0.507 e. The molecular formula is C12H17N3O3. The average molecular weight is 251 g/mol. The number of aromatic hydroxyl groups is 1. The van der Waals surface area contributed by atoms with Crippen LogP contribution in [0.2, 0.25) is 0 Å². The van der Waals surface area contributed by atoms with Crippen molar-refractivity contribution in [3.63, 3.8) is 0 Å². The van der Waals surface area contributed by atoms with Crippen LogP contribution in [0.5, 0.6) is 5.75 Å². The van der Waals surface area contributed by atoms with Gasteiger partial charge in [0.15, 0.2) is 0 Å². The van der Waals surface area contributed by atoms with Crippen LogP contribution < -0.4 is 0 Å². The van der Waals surface area contributed by atoms with Gasteiger partial charge in [0.25, 0.3) is 5.69 Å². The lowest BCUT2D eigenvalue weighted by molar-refractivity contribution is -0.384. The smallest absolute Gasteiger partial charge is 0.270 e. The molecular weight excluding hydrogens is 234 g/mol. The summed E-state index contributed by atoms with van der Waals surface area (Å²) in [7, 11) is 1.81. The van der Waals surface area contributed by atoms with Gasteiger partial charge in [0.1, 0.15) is 5.75 Å². The zero-order valence-electron chi connectivity index (χ0n) is 10.7. The normalized spacial score (nSPS) is 11.1. The predicted octanol–water partition coefficient (Wildman–Crippen LogP) is 2.22. The summed E-state index contributed by atoms with van der Waals surface area (Å²) in [5.74, 6) is 0.438. The van der Waals surface area contributed by atoms with E-state index in [0.717, 1.165) is 6.54 Å². The Balaban J connectivity index is 2.86. The van der Waals surface area contributed by atoms with E-state index in [1.165, 1.54) is 24.4 Å². The number of rotatable bonds is 5. The van der Waals surface area contributed by atoms with Crippen LogP contribution in [-0.2, 0) is 0 Å². The summed E-state index contributed by atoms with van der Waals surface area (Å²) in [4.78, 5) is 10.1. The van der Waals surface area contributed by atoms with Crippen molar-refractivity contribution in [2.45, 2.75) is 13.8 Å². The van der Waals surface area contributed by atoms with Gasteiger partial charge < -0.3 is 5.11 Å². The summed E-state index contributed by atoms with van der Waals surface area (Å²) in [5.41, 5.74) is 0.264. The van der Waals surface area contributed by atoms with Crippen LogP contribution in [0, 0.1) is 16.0 Å². The third kappa shape index (κ3) is 4.04. The molecule has 0 spiro atoms. The lowest BCUT2D eigenvalue weighted by atomic mass is 10.2. The fourth-order valence-electron chi connectivity index (χ4n) is 1.50. The Morgan fingerprint density at radius 1 is 1.56 bits per heavy atom. The Labute approximate surface area is 106 Å². The van der Waals surface area contributed by atoms with Crippen molar-refractivity contribution in [2.24, 2.45) is 11.0 Å². The molecule has 6 nitrogen and oxygen atoms in total. The number of nitro groups is 1. The summed E-state index contributed by atoms with van der Waals surface area (Å²) in [6.45, 7) is 4.90. The van der Waals surface area contributed by atoms with Gasteiger partial charge in [-0.3, -0.25) is 15.1 Å². The van der Waals surface area contributed by atoms with Crippen molar-refractivity contribution in [3.05, 3.63) is 33.9 Å². The topological polar surface area (TPSA) is 79.0 Å². The number of nitro benzene ring substituents is 1. The quantitative estimate of drug-likeness (QED) is 0.494. The molecule has 0 aliphatic rings. The molecule has 0 aromatic heterocycles. The summed E-state index contributed by atoms with van der Waals surface area (Å²) >= 11 is 0. The molecule has 1 aromatic rings. The fraction of sp³-hybridized carbons (Fsp3) is 0.417. The van der Waals surface area contributed by atoms with E-state index in [1.54, 1.807) is 5.01 Å². The highest BCUT2D eigenvalue weighted by Gasteiger charge is 2.08. The molecule has 0 heterocycles. The van der Waals surface area contributed by atoms with Crippen molar-refractivity contribution in [2.75, 3.05) is 13.6 Å². The van der Waals surface area contributed by atoms with Crippen molar-refractivity contribution in [1.82, 2.24) is 5.01 Å². The molecule has 1 N–H and O–H groups in total. The maximum absolute atomic E-state index is 10.6. The van der Waals surface area contributed by atoms with Gasteiger partial charge in [-0.25, -0.2) is 0 Å². The lowest BCUT2D eigenvalue weighted by Gasteiger charge is -2.14. The zero-order chi connectivity index (χ0) is 13.7. The SMILES string of the molecule is CC(C)CN(C)/N=C/c1cc([N+](=O)[O-])ccc1O. The molecule has 98 valence electrons. The lowest BCUT2D eigenvalue weighted by Crippen LogP contribution is -2.17. The van der Waals surface area contributed by atoms with E-state index < -0.39 is 4.92 Å². The zero-order valence-corrected chi connectivity index (χ0v) is 10.7. The van der Waals surface area contributed by atoms with E-state index in [-0.39, 0.29) is 11.4 Å². The van der Waals surface area contributed by atoms with Crippen LogP contribution >= 0.6 is 0 Å². The highest BCUT2D eigenvalue weighted by molar-refractivity contribution is 5.84. The molecule has 0 saturated carbocycles. The maximum atomic E-state index is 10.6. The minimum atomic E-state index is -0.505. The molecule has 1 rings (SSSR count). The molecule has 0 aliphatic carbocycles. The molecule has 0 aliphatic heterocycles. The first kappa shape index (κ1) is 14.0. The fourth-order valence-corrected chi connectivity index (χ4v) is 1.50. The van der Waals surface area contributed by atoms with E-state index in [0.29, 0.717) is 11.5 Å². The Hall–Kier alpha value is -2.11. The second kappa shape index (κ2) is 6.00. The molecule has 18 heavy (non-hydrogen) atoms. The highest BCUT2D eigenvalue weighted by atomic mass is 16.6. The van der Waals surface area contributed by atoms with Crippen LogP contribution in [-0.4, -0.2) is 34.8 Å². The number of hydrazone groups is 1. The molecule has 0 bridgehead atoms. The van der Waals surface area contributed by atoms with E-state index in [2.05, 4.69) is 18.9 Å². The van der Waals surface area contributed by atoms with Gasteiger partial charge in [0.2, 0.25) is 0 Å². The van der Waals surface area contributed by atoms with E-state index >= 15 is 0 Å². The molecule has 0 unspecified atom stereocenters. The van der Waals surface area contributed by atoms with Gasteiger partial charge in [0.05, 0.1) is 11.1 Å². The summed E-state index contributed by atoms with van der Waals surface area (Å²) in [5, 5.41) is 26.0. The van der Waals surface area contributed by atoms with Gasteiger partial charge in [-0.2, -0.15) is 5.10 Å². The third-order valence-electron chi connectivity index (χ3n) is 2.25. The molecule has 0 atom stereocenters. The maximum Gasteiger partial charge on any atom is 0.270 e. The summed E-state index contributed by atoms with van der Waals surface area (Å²) in [6.07, 6.45) is 1.42. The van der Waals surface area contributed by atoms with Crippen LogP contribution in [0.25, 0.3) is 0 Å². The van der Waals surface area contributed by atoms with E-state index in [9.17, 15) is 15.2 Å². The van der Waals surface area contributed by atoms with Gasteiger partial charge in [-0.1, -0.05) is 13.8 Å². The second-order valence-electron chi connectivity index (χ2n) is 4.48. The number of hydrogen-bond acceptors (Lipinski definition) is 5. The number of phenolic OH excluding ortho intramolecular Hbond substituents is 1. The number of nitrogens with zero attached hydrogens (tertiary/aromatic N) is 3. The van der Waals surface area contributed by atoms with E-state index in [1.807, 2.05) is 7.05 Å². The van der Waals surface area contributed by atoms with E-state index in [4.69, 9.17) is 0 Å². The first-order valence-electron chi connectivity index (χ1n) is 5.62. The predicted molar refractivity (Wildman–Crippen MR) is 69.8 cm³/mol. The molecule has 6 heteroatoms. The standard InChI is InChI=1S/C12H17N3O3/c1-9(2)8-14(3)13-7-10-6-11(15(17)18)4-5-12(10)16/h4-7,9,16H,8H2,1-3H3/b13-7+. The monoisotopic (exact) mass is 251 g/mol. The van der Waals surface area contributed by atoms with Crippen molar-refractivity contribution in [3.8, 4) is 5.75 Å². The number of non-ortho nitro benzene ring substituents is 1. The Morgan fingerprint density at radius 3 is 2.78 bits per heavy atom. The number of benzene rings is 1. The van der Waals surface area contributed by atoms with Crippen LogP contribution in [0.3, 0.4) is 0 Å². The molecule has 0 radical (unpaired) electrons. The van der Waals surface area contributed by atoms with Gasteiger partial charge in [0, 0.05) is 31.3 Å². The van der Waals surface area contributed by atoms with Crippen LogP contribution in [0.4, 0.5) is 5.69 Å². The van der Waals surface area contributed by atoms with Crippen LogP contribution in [0.1, 0.15) is 19.4 Å². The van der Waals surface area contributed by atoms with Crippen molar-refractivity contribution < 1.29 is 10.0 Å². The summed E-state index contributed by atoms with van der Waals surface area (Å²) < 4.78 is 0. The van der Waals surface area contributed by atoms with Crippen molar-refractivity contribution >= 4 is 11.9 Å². The number of phenols is 1. The minimum Gasteiger partial charge on any atom is -0.507 e. The van der Waals surface area contributed by atoms with Crippen molar-refractivity contribution in [1.29, 1.82) is 0 Å². The molecule has 0 saturated heterocycles. The Morgan fingerprint density at radius 2 is 2.22 bits per heavy atom. The van der Waals surface area contributed by atoms with Gasteiger partial charge in [-0.05, 0) is 12.0 Å². The van der Waals surface area contributed by atoms with Gasteiger partial charge in [-0.15, -0.1) is 0 Å². The Kier molecular flexibility index (Phi) is 4.65. The first-order chi connectivity index (χ1) is 8.40. The number of hydrogen-bond donors (Lipinski definition) is 1. The minimum absolute atomic E-state index is 0.0257. The summed E-state index contributed by atoms with van der Waals surface area (Å²) in [6, 6.07) is 3.84. The third-order valence-corrected chi connectivity index (χ3v) is 2.25. The van der Waals surface area contributed by atoms with Gasteiger partial charge >= 0.3 is 0 Å². The Bertz CT molecular complexity index is 458. The molecule has 0 amide bonds. The first-order valence-corrected chi connectivity index (χ1v) is 5.62. The van der Waals surface area contributed by atoms with Crippen LogP contribution in [0.15, 0.2) is 23.3 Å². The average Bonchev–Trinajstić information content (AvgIpc) is 2.26. The highest BCUT2D eigenvalue weighted by Crippen LogP contribution is 2.21. The molecule has 1 aromatic carbocycles.